The van der Waals surface area contributed by atoms with Crippen LogP contribution in [0.2, 0.25) is 0 Å². The highest BCUT2D eigenvalue weighted by atomic mass is 32.2. The lowest BCUT2D eigenvalue weighted by Crippen LogP contribution is -2.25. The fourth-order valence-electron chi connectivity index (χ4n) is 3.46. The van der Waals surface area contributed by atoms with Crippen LogP contribution in [-0.4, -0.2) is 40.6 Å². The molecule has 2 aromatic rings. The van der Waals surface area contributed by atoms with Crippen LogP contribution in [0.3, 0.4) is 0 Å². The van der Waals surface area contributed by atoms with Crippen LogP contribution in [0.5, 0.6) is 5.75 Å². The molecule has 1 aliphatic rings. The number of rotatable bonds is 8. The van der Waals surface area contributed by atoms with E-state index in [4.69, 9.17) is 4.74 Å². The van der Waals surface area contributed by atoms with Crippen LogP contribution >= 0.6 is 11.8 Å². The number of carbonyl (C=O) groups is 1. The Balaban J connectivity index is 1.53. The van der Waals surface area contributed by atoms with E-state index in [0.29, 0.717) is 23.9 Å². The van der Waals surface area contributed by atoms with Crippen molar-refractivity contribution in [2.24, 2.45) is 0 Å². The molecule has 0 saturated heterocycles. The van der Waals surface area contributed by atoms with Gasteiger partial charge in [0.1, 0.15) is 11.6 Å². The first-order valence-electron chi connectivity index (χ1n) is 9.13. The van der Waals surface area contributed by atoms with Gasteiger partial charge in [-0.05, 0) is 43.7 Å². The number of benzene rings is 1. The lowest BCUT2D eigenvalue weighted by atomic mass is 10.2. The van der Waals surface area contributed by atoms with Gasteiger partial charge in [-0.15, -0.1) is 10.2 Å². The van der Waals surface area contributed by atoms with Crippen LogP contribution in [0.25, 0.3) is 0 Å². The van der Waals surface area contributed by atoms with Crippen molar-refractivity contribution in [1.82, 2.24) is 20.1 Å². The van der Waals surface area contributed by atoms with Gasteiger partial charge in [-0.3, -0.25) is 4.79 Å². The van der Waals surface area contributed by atoms with Gasteiger partial charge in [0.25, 0.3) is 5.91 Å². The van der Waals surface area contributed by atoms with Gasteiger partial charge in [0.15, 0.2) is 5.16 Å². The van der Waals surface area contributed by atoms with Crippen LogP contribution in [0.1, 0.15) is 54.3 Å². The highest BCUT2D eigenvalue weighted by molar-refractivity contribution is 7.98. The van der Waals surface area contributed by atoms with Crippen LogP contribution in [-0.2, 0) is 6.42 Å². The van der Waals surface area contributed by atoms with Crippen molar-refractivity contribution in [2.45, 2.75) is 49.7 Å². The number of aryl methyl sites for hydroxylation is 1. The summed E-state index contributed by atoms with van der Waals surface area (Å²) in [4.78, 5) is 12.2. The molecule has 0 bridgehead atoms. The standard InChI is InChI=1S/C19H26N4O2S/c1-25-16-10-5-7-14(13-16)18(24)20-12-6-11-17-21-22-19(26-2)23(17)15-8-3-4-9-15/h5,7,10,13,15H,3-4,6,8-9,11-12H2,1-2H3,(H,20,24). The van der Waals surface area contributed by atoms with Crippen LogP contribution in [0.4, 0.5) is 0 Å². The van der Waals surface area contributed by atoms with Gasteiger partial charge in [-0.25, -0.2) is 0 Å². The molecule has 1 aromatic carbocycles. The smallest absolute Gasteiger partial charge is 0.251 e. The number of aromatic nitrogens is 3. The Morgan fingerprint density at radius 1 is 1.35 bits per heavy atom. The number of nitrogens with zero attached hydrogens (tertiary/aromatic N) is 3. The van der Waals surface area contributed by atoms with Crippen molar-refractivity contribution in [2.75, 3.05) is 19.9 Å². The second-order valence-electron chi connectivity index (χ2n) is 6.50. The maximum absolute atomic E-state index is 12.2. The predicted octanol–water partition coefficient (Wildman–Crippen LogP) is 3.49. The predicted molar refractivity (Wildman–Crippen MR) is 103 cm³/mol. The van der Waals surface area contributed by atoms with Gasteiger partial charge >= 0.3 is 0 Å². The molecular formula is C19H26N4O2S. The first-order chi connectivity index (χ1) is 12.7. The van der Waals surface area contributed by atoms with Crippen LogP contribution in [0, 0.1) is 0 Å². The zero-order chi connectivity index (χ0) is 18.4. The van der Waals surface area contributed by atoms with E-state index >= 15 is 0 Å². The fourth-order valence-corrected chi connectivity index (χ4v) is 4.03. The molecule has 0 spiro atoms. The third kappa shape index (κ3) is 4.38. The summed E-state index contributed by atoms with van der Waals surface area (Å²) in [5, 5.41) is 12.7. The summed E-state index contributed by atoms with van der Waals surface area (Å²) in [5.74, 6) is 1.65. The SMILES string of the molecule is COc1cccc(C(=O)NCCCc2nnc(SC)n2C2CCCC2)c1. The number of thioether (sulfide) groups is 1. The second kappa shape index (κ2) is 9.07. The average Bonchev–Trinajstić information content (AvgIpc) is 3.34. The molecule has 26 heavy (non-hydrogen) atoms. The Hall–Kier alpha value is -2.02. The normalized spacial score (nSPS) is 14.5. The van der Waals surface area contributed by atoms with Crippen molar-refractivity contribution in [1.29, 1.82) is 0 Å². The number of hydrogen-bond donors (Lipinski definition) is 1. The van der Waals surface area contributed by atoms with Crippen LogP contribution < -0.4 is 10.1 Å². The van der Waals surface area contributed by atoms with E-state index in [1.165, 1.54) is 25.7 Å². The molecule has 0 radical (unpaired) electrons. The van der Waals surface area contributed by atoms with E-state index < -0.39 is 0 Å². The Morgan fingerprint density at radius 3 is 2.88 bits per heavy atom. The highest BCUT2D eigenvalue weighted by Gasteiger charge is 2.23. The molecule has 1 heterocycles. The third-order valence-electron chi connectivity index (χ3n) is 4.80. The molecule has 1 saturated carbocycles. The molecule has 7 heteroatoms. The molecule has 6 nitrogen and oxygen atoms in total. The summed E-state index contributed by atoms with van der Waals surface area (Å²) >= 11 is 1.66. The van der Waals surface area contributed by atoms with E-state index in [1.807, 2.05) is 18.4 Å². The van der Waals surface area contributed by atoms with Gasteiger partial charge in [-0.1, -0.05) is 30.7 Å². The molecule has 1 N–H and O–H groups in total. The molecule has 3 rings (SSSR count). The zero-order valence-electron chi connectivity index (χ0n) is 15.4. The minimum absolute atomic E-state index is 0.0778. The molecule has 0 aliphatic heterocycles. The molecule has 1 aromatic heterocycles. The summed E-state index contributed by atoms with van der Waals surface area (Å²) in [6.07, 6.45) is 8.71. The summed E-state index contributed by atoms with van der Waals surface area (Å²) in [5.41, 5.74) is 0.614. The van der Waals surface area contributed by atoms with Crippen LogP contribution in [0.15, 0.2) is 29.4 Å². The topological polar surface area (TPSA) is 69.0 Å². The summed E-state index contributed by atoms with van der Waals surface area (Å²) in [7, 11) is 1.60. The minimum Gasteiger partial charge on any atom is -0.497 e. The average molecular weight is 375 g/mol. The van der Waals surface area contributed by atoms with Gasteiger partial charge in [0.2, 0.25) is 0 Å². The summed E-state index contributed by atoms with van der Waals surface area (Å²) in [6, 6.07) is 7.72. The fraction of sp³-hybridized carbons (Fsp3) is 0.526. The third-order valence-corrected chi connectivity index (χ3v) is 5.45. The Labute approximate surface area is 158 Å². The molecule has 1 amide bonds. The van der Waals surface area contributed by atoms with Crippen molar-refractivity contribution in [3.05, 3.63) is 35.7 Å². The second-order valence-corrected chi connectivity index (χ2v) is 7.28. The molecule has 0 atom stereocenters. The minimum atomic E-state index is -0.0778. The summed E-state index contributed by atoms with van der Waals surface area (Å²) in [6.45, 7) is 0.613. The number of methoxy groups -OCH3 is 1. The first kappa shape index (κ1) is 18.8. The molecular weight excluding hydrogens is 348 g/mol. The monoisotopic (exact) mass is 374 g/mol. The van der Waals surface area contributed by atoms with E-state index in [0.717, 1.165) is 23.8 Å². The maximum atomic E-state index is 12.2. The Bertz CT molecular complexity index is 741. The Kier molecular flexibility index (Phi) is 6.55. The molecule has 1 fully saturated rings. The van der Waals surface area contributed by atoms with E-state index in [2.05, 4.69) is 20.1 Å². The lowest BCUT2D eigenvalue weighted by Gasteiger charge is -2.16. The van der Waals surface area contributed by atoms with Crippen molar-refractivity contribution in [3.8, 4) is 5.75 Å². The summed E-state index contributed by atoms with van der Waals surface area (Å²) < 4.78 is 7.48. The van der Waals surface area contributed by atoms with Crippen molar-refractivity contribution >= 4 is 17.7 Å². The zero-order valence-corrected chi connectivity index (χ0v) is 16.2. The molecule has 1 aliphatic carbocycles. The highest BCUT2D eigenvalue weighted by Crippen LogP contribution is 2.33. The Morgan fingerprint density at radius 2 is 2.15 bits per heavy atom. The first-order valence-corrected chi connectivity index (χ1v) is 10.4. The lowest BCUT2D eigenvalue weighted by molar-refractivity contribution is 0.0952. The van der Waals surface area contributed by atoms with E-state index in [1.54, 1.807) is 31.0 Å². The van der Waals surface area contributed by atoms with Gasteiger partial charge in [-0.2, -0.15) is 0 Å². The van der Waals surface area contributed by atoms with Gasteiger partial charge < -0.3 is 14.6 Å². The molecule has 140 valence electrons. The number of hydrogen-bond acceptors (Lipinski definition) is 5. The van der Waals surface area contributed by atoms with Crippen molar-refractivity contribution in [3.63, 3.8) is 0 Å². The number of ether oxygens (including phenoxy) is 1. The van der Waals surface area contributed by atoms with Gasteiger partial charge in [0, 0.05) is 24.6 Å². The largest absolute Gasteiger partial charge is 0.497 e. The maximum Gasteiger partial charge on any atom is 0.251 e. The molecule has 0 unspecified atom stereocenters. The number of carbonyl (C=O) groups excluding carboxylic acids is 1. The number of amides is 1. The quantitative estimate of drug-likeness (QED) is 0.566. The van der Waals surface area contributed by atoms with Gasteiger partial charge in [0.05, 0.1) is 7.11 Å². The van der Waals surface area contributed by atoms with E-state index in [9.17, 15) is 4.79 Å². The van der Waals surface area contributed by atoms with E-state index in [-0.39, 0.29) is 5.91 Å². The van der Waals surface area contributed by atoms with Crippen molar-refractivity contribution < 1.29 is 9.53 Å². The number of nitrogens with one attached hydrogen (secondary N) is 1.